The Morgan fingerprint density at radius 1 is 1.21 bits per heavy atom. The summed E-state index contributed by atoms with van der Waals surface area (Å²) in [4.78, 5) is 16.4. The highest BCUT2D eigenvalue weighted by Crippen LogP contribution is 2.36. The number of aliphatic hydroxyl groups excluding tert-OH is 1. The average molecular weight is 459 g/mol. The van der Waals surface area contributed by atoms with Gasteiger partial charge in [-0.2, -0.15) is 4.98 Å². The van der Waals surface area contributed by atoms with E-state index in [1.165, 1.54) is 20.3 Å². The van der Waals surface area contributed by atoms with Crippen molar-refractivity contribution in [2.45, 2.75) is 25.9 Å². The van der Waals surface area contributed by atoms with Crippen molar-refractivity contribution in [2.75, 3.05) is 27.4 Å². The minimum absolute atomic E-state index is 0.000236. The summed E-state index contributed by atoms with van der Waals surface area (Å²) in [5.74, 6) is 1.33. The van der Waals surface area contributed by atoms with Gasteiger partial charge in [0.2, 0.25) is 23.4 Å². The first-order valence-corrected chi connectivity index (χ1v) is 10.3. The predicted molar refractivity (Wildman–Crippen MR) is 117 cm³/mol. The van der Waals surface area contributed by atoms with Crippen LogP contribution in [0.25, 0.3) is 11.4 Å². The summed E-state index contributed by atoms with van der Waals surface area (Å²) >= 11 is 0. The summed E-state index contributed by atoms with van der Waals surface area (Å²) in [5.41, 5.74) is 1.10. The number of halogens is 1. The Balaban J connectivity index is 1.44. The Kier molecular flexibility index (Phi) is 8.20. The van der Waals surface area contributed by atoms with E-state index in [2.05, 4.69) is 15.5 Å². The number of hydrogen-bond donors (Lipinski definition) is 2. The van der Waals surface area contributed by atoms with Crippen LogP contribution in [0.1, 0.15) is 17.9 Å². The second-order valence-corrected chi connectivity index (χ2v) is 7.24. The molecule has 10 heteroatoms. The van der Waals surface area contributed by atoms with Gasteiger partial charge in [0.1, 0.15) is 18.5 Å². The maximum Gasteiger partial charge on any atom is 0.227 e. The van der Waals surface area contributed by atoms with Crippen LogP contribution >= 0.6 is 0 Å². The van der Waals surface area contributed by atoms with Gasteiger partial charge in [-0.1, -0.05) is 11.2 Å². The molecule has 0 radical (unpaired) electrons. The maximum atomic E-state index is 13.4. The molecule has 1 atom stereocenters. The Morgan fingerprint density at radius 2 is 1.94 bits per heavy atom. The second-order valence-electron chi connectivity index (χ2n) is 7.24. The summed E-state index contributed by atoms with van der Waals surface area (Å²) in [6, 6.07) is 9.72. The molecule has 0 saturated carbocycles. The minimum atomic E-state index is -0.944. The van der Waals surface area contributed by atoms with Crippen molar-refractivity contribution in [3.63, 3.8) is 0 Å². The van der Waals surface area contributed by atoms with Gasteiger partial charge in [0.25, 0.3) is 0 Å². The van der Waals surface area contributed by atoms with Gasteiger partial charge in [-0.05, 0) is 42.8 Å². The molecule has 0 bridgehead atoms. The van der Waals surface area contributed by atoms with Gasteiger partial charge in [0, 0.05) is 24.9 Å². The maximum absolute atomic E-state index is 13.4. The van der Waals surface area contributed by atoms with Crippen LogP contribution in [-0.2, 0) is 11.2 Å². The van der Waals surface area contributed by atoms with Gasteiger partial charge in [0.05, 0.1) is 14.2 Å². The van der Waals surface area contributed by atoms with E-state index in [1.807, 2.05) is 0 Å². The number of amides is 1. The lowest BCUT2D eigenvalue weighted by Gasteiger charge is -2.17. The van der Waals surface area contributed by atoms with Gasteiger partial charge < -0.3 is 29.2 Å². The Hall–Kier alpha value is -3.66. The SMILES string of the molecule is COc1cccc(OC)c1OCC(O)CNC(=O)CCc1nc(-c2ccc(F)c(C)c2)no1. The number of hydrogen-bond acceptors (Lipinski definition) is 8. The third-order valence-corrected chi connectivity index (χ3v) is 4.79. The van der Waals surface area contributed by atoms with Crippen molar-refractivity contribution < 1.29 is 33.0 Å². The molecular formula is C23H26FN3O6. The zero-order chi connectivity index (χ0) is 23.8. The molecular weight excluding hydrogens is 433 g/mol. The molecule has 2 aromatic carbocycles. The number of nitrogens with one attached hydrogen (secondary N) is 1. The molecule has 1 amide bonds. The number of ether oxygens (including phenoxy) is 3. The Bertz CT molecular complexity index is 1070. The largest absolute Gasteiger partial charge is 0.493 e. The van der Waals surface area contributed by atoms with E-state index in [-0.39, 0.29) is 43.6 Å². The Labute approximate surface area is 190 Å². The molecule has 3 aromatic rings. The first-order valence-electron chi connectivity index (χ1n) is 10.3. The molecule has 1 unspecified atom stereocenters. The highest BCUT2D eigenvalue weighted by atomic mass is 19.1. The number of para-hydroxylation sites is 1. The second kappa shape index (κ2) is 11.3. The first-order chi connectivity index (χ1) is 15.9. The summed E-state index contributed by atoms with van der Waals surface area (Å²) in [7, 11) is 3.01. The number of nitrogens with zero attached hydrogens (tertiary/aromatic N) is 2. The smallest absolute Gasteiger partial charge is 0.227 e. The number of benzene rings is 2. The van der Waals surface area contributed by atoms with Crippen LogP contribution in [0.4, 0.5) is 4.39 Å². The fourth-order valence-corrected chi connectivity index (χ4v) is 3.00. The van der Waals surface area contributed by atoms with Gasteiger partial charge in [0.15, 0.2) is 11.5 Å². The van der Waals surface area contributed by atoms with Gasteiger partial charge in [-0.25, -0.2) is 4.39 Å². The third kappa shape index (κ3) is 6.42. The van der Waals surface area contributed by atoms with Gasteiger partial charge in [-0.15, -0.1) is 0 Å². The zero-order valence-corrected chi connectivity index (χ0v) is 18.6. The molecule has 3 rings (SSSR count). The number of aryl methyl sites for hydroxylation is 2. The third-order valence-electron chi connectivity index (χ3n) is 4.79. The lowest BCUT2D eigenvalue weighted by Crippen LogP contribution is -2.35. The van der Waals surface area contributed by atoms with Crippen molar-refractivity contribution in [3.05, 3.63) is 53.7 Å². The zero-order valence-electron chi connectivity index (χ0n) is 18.6. The van der Waals surface area contributed by atoms with Gasteiger partial charge >= 0.3 is 0 Å². The van der Waals surface area contributed by atoms with Crippen LogP contribution in [-0.4, -0.2) is 54.6 Å². The quantitative estimate of drug-likeness (QED) is 0.450. The first kappa shape index (κ1) is 24.0. The molecule has 33 heavy (non-hydrogen) atoms. The highest BCUT2D eigenvalue weighted by molar-refractivity contribution is 5.76. The lowest BCUT2D eigenvalue weighted by molar-refractivity contribution is -0.121. The van der Waals surface area contributed by atoms with E-state index in [4.69, 9.17) is 18.7 Å². The van der Waals surface area contributed by atoms with Crippen LogP contribution in [0.15, 0.2) is 40.9 Å². The van der Waals surface area contributed by atoms with Crippen molar-refractivity contribution in [1.29, 1.82) is 0 Å². The van der Waals surface area contributed by atoms with Crippen LogP contribution < -0.4 is 19.5 Å². The molecule has 0 spiro atoms. The highest BCUT2D eigenvalue weighted by Gasteiger charge is 2.15. The topological polar surface area (TPSA) is 116 Å². The number of rotatable bonds is 11. The molecule has 1 heterocycles. The lowest BCUT2D eigenvalue weighted by atomic mass is 10.1. The molecule has 2 N–H and O–H groups in total. The number of aromatic nitrogens is 2. The number of aliphatic hydroxyl groups is 1. The minimum Gasteiger partial charge on any atom is -0.493 e. The van der Waals surface area contributed by atoms with Crippen LogP contribution in [0.3, 0.4) is 0 Å². The van der Waals surface area contributed by atoms with Crippen molar-refractivity contribution in [3.8, 4) is 28.6 Å². The monoisotopic (exact) mass is 459 g/mol. The van der Waals surface area contributed by atoms with E-state index in [9.17, 15) is 14.3 Å². The van der Waals surface area contributed by atoms with Crippen molar-refractivity contribution >= 4 is 5.91 Å². The van der Waals surface area contributed by atoms with Gasteiger partial charge in [-0.3, -0.25) is 4.79 Å². The molecule has 0 saturated heterocycles. The normalized spacial score (nSPS) is 11.7. The fraction of sp³-hybridized carbons (Fsp3) is 0.348. The van der Waals surface area contributed by atoms with Crippen LogP contribution in [0.2, 0.25) is 0 Å². The standard InChI is InChI=1S/C23H26FN3O6/c1-14-11-15(7-8-17(14)24)23-26-21(33-27-23)10-9-20(29)25-12-16(28)13-32-22-18(30-2)5-4-6-19(22)31-3/h4-8,11,16,28H,9-10,12-13H2,1-3H3,(H,25,29). The van der Waals surface area contributed by atoms with E-state index in [0.29, 0.717) is 34.2 Å². The number of carbonyl (C=O) groups is 1. The molecule has 9 nitrogen and oxygen atoms in total. The summed E-state index contributed by atoms with van der Waals surface area (Å²) in [6.07, 6.45) is -0.623. The van der Waals surface area contributed by atoms with E-state index in [0.717, 1.165) is 0 Å². The van der Waals surface area contributed by atoms with E-state index in [1.54, 1.807) is 37.3 Å². The summed E-state index contributed by atoms with van der Waals surface area (Å²) < 4.78 is 34.7. The number of carbonyl (C=O) groups excluding carboxylic acids is 1. The fourth-order valence-electron chi connectivity index (χ4n) is 3.00. The van der Waals surface area contributed by atoms with Crippen LogP contribution in [0, 0.1) is 12.7 Å². The Morgan fingerprint density at radius 3 is 2.61 bits per heavy atom. The molecule has 176 valence electrons. The molecule has 0 fully saturated rings. The predicted octanol–water partition coefficient (Wildman–Crippen LogP) is 2.69. The van der Waals surface area contributed by atoms with Crippen LogP contribution in [0.5, 0.6) is 17.2 Å². The van der Waals surface area contributed by atoms with E-state index < -0.39 is 6.10 Å². The van der Waals surface area contributed by atoms with E-state index >= 15 is 0 Å². The molecule has 0 aliphatic rings. The van der Waals surface area contributed by atoms with Crippen molar-refractivity contribution in [1.82, 2.24) is 15.5 Å². The molecule has 1 aromatic heterocycles. The molecule has 0 aliphatic heterocycles. The summed E-state index contributed by atoms with van der Waals surface area (Å²) in [5, 5.41) is 16.7. The molecule has 0 aliphatic carbocycles. The summed E-state index contributed by atoms with van der Waals surface area (Å²) in [6.45, 7) is 1.58. The average Bonchev–Trinajstić information content (AvgIpc) is 3.30. The number of methoxy groups -OCH3 is 2. The van der Waals surface area contributed by atoms with Crippen molar-refractivity contribution in [2.24, 2.45) is 0 Å².